The fourth-order valence-electron chi connectivity index (χ4n) is 2.90. The first-order chi connectivity index (χ1) is 10.8. The maximum atomic E-state index is 5.51. The Hall–Kier alpha value is -2.00. The van der Waals surface area contributed by atoms with Gasteiger partial charge in [-0.15, -0.1) is 0 Å². The van der Waals surface area contributed by atoms with Crippen LogP contribution in [0.3, 0.4) is 0 Å². The number of hydrogen-bond acceptors (Lipinski definition) is 3. The van der Waals surface area contributed by atoms with Gasteiger partial charge in [-0.25, -0.2) is 0 Å². The molecule has 1 heterocycles. The second-order valence-electron chi connectivity index (χ2n) is 5.75. The van der Waals surface area contributed by atoms with Gasteiger partial charge >= 0.3 is 0 Å². The number of fused-ring (bicyclic) bond motifs is 1. The Morgan fingerprint density at radius 3 is 2.55 bits per heavy atom. The maximum Gasteiger partial charge on any atom is 0.231 e. The van der Waals surface area contributed by atoms with Gasteiger partial charge in [0.2, 0.25) is 6.79 Å². The van der Waals surface area contributed by atoms with Gasteiger partial charge < -0.3 is 14.8 Å². The van der Waals surface area contributed by atoms with Gasteiger partial charge in [0.1, 0.15) is 0 Å². The quantitative estimate of drug-likeness (QED) is 0.844. The van der Waals surface area contributed by atoms with Crippen LogP contribution < -0.4 is 14.8 Å². The summed E-state index contributed by atoms with van der Waals surface area (Å²) in [6, 6.07) is 17.4. The van der Waals surface area contributed by atoms with Crippen molar-refractivity contribution < 1.29 is 9.47 Å². The number of nitrogens with one attached hydrogen (secondary N) is 1. The predicted octanol–water partition coefficient (Wildman–Crippen LogP) is 4.61. The first-order valence-corrected chi connectivity index (χ1v) is 7.98. The van der Waals surface area contributed by atoms with E-state index in [9.17, 15) is 0 Å². The molecular formula is C19H23NO2. The Balaban J connectivity index is 1.78. The van der Waals surface area contributed by atoms with E-state index in [0.29, 0.717) is 18.9 Å². The van der Waals surface area contributed by atoms with Crippen LogP contribution in [0.2, 0.25) is 0 Å². The number of rotatable bonds is 6. The molecule has 0 aromatic heterocycles. The molecule has 22 heavy (non-hydrogen) atoms. The lowest BCUT2D eigenvalue weighted by molar-refractivity contribution is 0.174. The fraction of sp³-hybridized carbons (Fsp3) is 0.368. The van der Waals surface area contributed by atoms with Gasteiger partial charge in [0.05, 0.1) is 0 Å². The monoisotopic (exact) mass is 297 g/mol. The molecule has 0 saturated heterocycles. The third-order valence-electron chi connectivity index (χ3n) is 4.13. The lowest BCUT2D eigenvalue weighted by atomic mass is 9.99. The molecule has 1 aliphatic heterocycles. The normalized spacial score (nSPS) is 15.5. The highest BCUT2D eigenvalue weighted by Crippen LogP contribution is 2.35. The molecule has 0 bridgehead atoms. The van der Waals surface area contributed by atoms with Gasteiger partial charge in [-0.1, -0.05) is 49.7 Å². The number of ether oxygens (including phenoxy) is 2. The summed E-state index contributed by atoms with van der Waals surface area (Å²) in [6.45, 7) is 4.75. The zero-order valence-corrected chi connectivity index (χ0v) is 13.2. The molecule has 0 radical (unpaired) electrons. The topological polar surface area (TPSA) is 30.5 Å². The smallest absolute Gasteiger partial charge is 0.231 e. The maximum absolute atomic E-state index is 5.51. The highest BCUT2D eigenvalue weighted by molar-refractivity contribution is 5.45. The van der Waals surface area contributed by atoms with E-state index in [1.165, 1.54) is 11.1 Å². The van der Waals surface area contributed by atoms with Crippen LogP contribution in [-0.2, 0) is 0 Å². The zero-order valence-electron chi connectivity index (χ0n) is 13.2. The second-order valence-corrected chi connectivity index (χ2v) is 5.75. The largest absolute Gasteiger partial charge is 0.454 e. The van der Waals surface area contributed by atoms with E-state index >= 15 is 0 Å². The Morgan fingerprint density at radius 1 is 1.00 bits per heavy atom. The molecule has 0 aliphatic carbocycles. The SMILES string of the molecule is CCC[C@H](N[C@@H](C)c1ccccc1)c1ccc2c(c1)OCO2. The van der Waals surface area contributed by atoms with Gasteiger partial charge in [0.25, 0.3) is 0 Å². The standard InChI is InChI=1S/C19H23NO2/c1-3-7-17(20-14(2)15-8-5-4-6-9-15)16-10-11-18-19(12-16)22-13-21-18/h4-6,8-12,14,17,20H,3,7,13H2,1-2H3/t14-,17-/m0/s1. The predicted molar refractivity (Wildman–Crippen MR) is 88.2 cm³/mol. The highest BCUT2D eigenvalue weighted by atomic mass is 16.7. The van der Waals surface area contributed by atoms with E-state index in [-0.39, 0.29) is 0 Å². The van der Waals surface area contributed by atoms with Crippen molar-refractivity contribution in [3.05, 3.63) is 59.7 Å². The van der Waals surface area contributed by atoms with E-state index < -0.39 is 0 Å². The first-order valence-electron chi connectivity index (χ1n) is 7.98. The molecule has 0 fully saturated rings. The molecule has 2 aromatic carbocycles. The third kappa shape index (κ3) is 3.25. The van der Waals surface area contributed by atoms with E-state index in [0.717, 1.165) is 24.3 Å². The minimum absolute atomic E-state index is 0.308. The summed E-state index contributed by atoms with van der Waals surface area (Å²) in [5.41, 5.74) is 2.57. The Kier molecular flexibility index (Phi) is 4.64. The number of hydrogen-bond donors (Lipinski definition) is 1. The Labute approximate surface area is 132 Å². The van der Waals surface area contributed by atoms with Crippen LogP contribution in [-0.4, -0.2) is 6.79 Å². The molecule has 3 rings (SSSR count). The lowest BCUT2D eigenvalue weighted by Gasteiger charge is -2.24. The van der Waals surface area contributed by atoms with Gasteiger partial charge in [-0.2, -0.15) is 0 Å². The summed E-state index contributed by atoms with van der Waals surface area (Å²) in [5.74, 6) is 1.70. The number of benzene rings is 2. The van der Waals surface area contributed by atoms with Crippen LogP contribution in [0.4, 0.5) is 0 Å². The molecule has 0 amide bonds. The van der Waals surface area contributed by atoms with E-state index in [1.807, 2.05) is 6.07 Å². The molecule has 0 unspecified atom stereocenters. The molecule has 0 saturated carbocycles. The van der Waals surface area contributed by atoms with Gasteiger partial charge in [-0.3, -0.25) is 0 Å². The Bertz CT molecular complexity index is 612. The summed E-state index contributed by atoms with van der Waals surface area (Å²) in [4.78, 5) is 0. The van der Waals surface area contributed by atoms with Gasteiger partial charge in [0.15, 0.2) is 11.5 Å². The van der Waals surface area contributed by atoms with Crippen molar-refractivity contribution in [3.63, 3.8) is 0 Å². The van der Waals surface area contributed by atoms with Crippen molar-refractivity contribution in [2.75, 3.05) is 6.79 Å². The van der Waals surface area contributed by atoms with Crippen molar-refractivity contribution in [1.29, 1.82) is 0 Å². The molecule has 2 aromatic rings. The van der Waals surface area contributed by atoms with Crippen molar-refractivity contribution in [3.8, 4) is 11.5 Å². The molecule has 3 nitrogen and oxygen atoms in total. The minimum atomic E-state index is 0.308. The van der Waals surface area contributed by atoms with Crippen LogP contribution in [0.15, 0.2) is 48.5 Å². The summed E-state index contributed by atoms with van der Waals surface area (Å²) in [7, 11) is 0. The van der Waals surface area contributed by atoms with E-state index in [1.54, 1.807) is 0 Å². The van der Waals surface area contributed by atoms with Crippen LogP contribution in [0.1, 0.15) is 49.9 Å². The van der Waals surface area contributed by atoms with Crippen molar-refractivity contribution in [2.45, 2.75) is 38.8 Å². The van der Waals surface area contributed by atoms with E-state index in [4.69, 9.17) is 9.47 Å². The average molecular weight is 297 g/mol. The Morgan fingerprint density at radius 2 is 1.77 bits per heavy atom. The molecule has 0 spiro atoms. The summed E-state index contributed by atoms with van der Waals surface area (Å²) in [5, 5.41) is 3.75. The second kappa shape index (κ2) is 6.84. The van der Waals surface area contributed by atoms with Crippen LogP contribution in [0.5, 0.6) is 11.5 Å². The molecule has 3 heteroatoms. The van der Waals surface area contributed by atoms with Crippen molar-refractivity contribution in [1.82, 2.24) is 5.32 Å². The summed E-state index contributed by atoms with van der Waals surface area (Å²) in [6.07, 6.45) is 2.23. The minimum Gasteiger partial charge on any atom is -0.454 e. The van der Waals surface area contributed by atoms with Gasteiger partial charge in [0, 0.05) is 12.1 Å². The third-order valence-corrected chi connectivity index (χ3v) is 4.13. The highest BCUT2D eigenvalue weighted by Gasteiger charge is 2.19. The molecule has 1 N–H and O–H groups in total. The molecule has 2 atom stereocenters. The van der Waals surface area contributed by atoms with Crippen LogP contribution >= 0.6 is 0 Å². The van der Waals surface area contributed by atoms with Crippen molar-refractivity contribution in [2.24, 2.45) is 0 Å². The molecular weight excluding hydrogens is 274 g/mol. The average Bonchev–Trinajstić information content (AvgIpc) is 3.02. The first kappa shape index (κ1) is 14.9. The lowest BCUT2D eigenvalue weighted by Crippen LogP contribution is -2.24. The molecule has 1 aliphatic rings. The fourth-order valence-corrected chi connectivity index (χ4v) is 2.90. The van der Waals surface area contributed by atoms with Crippen LogP contribution in [0.25, 0.3) is 0 Å². The molecule has 116 valence electrons. The summed E-state index contributed by atoms with van der Waals surface area (Å²) >= 11 is 0. The van der Waals surface area contributed by atoms with E-state index in [2.05, 4.69) is 61.6 Å². The van der Waals surface area contributed by atoms with Gasteiger partial charge in [-0.05, 0) is 36.6 Å². The van der Waals surface area contributed by atoms with Crippen LogP contribution in [0, 0.1) is 0 Å². The summed E-state index contributed by atoms with van der Waals surface area (Å²) < 4.78 is 10.9. The zero-order chi connectivity index (χ0) is 15.4. The van der Waals surface area contributed by atoms with Crippen molar-refractivity contribution >= 4 is 0 Å².